The highest BCUT2D eigenvalue weighted by Crippen LogP contribution is 1.97. The van der Waals surface area contributed by atoms with Crippen LogP contribution < -0.4 is 0 Å². The average molecular weight is 120 g/mol. The Labute approximate surface area is 55.7 Å². The Bertz CT molecular complexity index is 194. The molecule has 0 aliphatic rings. The summed E-state index contributed by atoms with van der Waals surface area (Å²) >= 11 is 0. The maximum Gasteiger partial charge on any atom is 0.0482 e. The molecule has 0 N–H and O–H groups in total. The third kappa shape index (κ3) is 1.53. The molecular weight excluding hydrogens is 110 g/mol. The van der Waals surface area contributed by atoms with Gasteiger partial charge < -0.3 is 0 Å². The van der Waals surface area contributed by atoms with Crippen LogP contribution in [0.2, 0.25) is 0 Å². The second-order valence-electron chi connectivity index (χ2n) is 2.05. The number of hydrogen-bond donors (Lipinski definition) is 0. The van der Waals surface area contributed by atoms with E-state index in [4.69, 9.17) is 0 Å². The van der Waals surface area contributed by atoms with Gasteiger partial charge in [0, 0.05) is 18.0 Å². The molecule has 0 bridgehead atoms. The van der Waals surface area contributed by atoms with Crippen LogP contribution in [-0.4, -0.2) is 4.98 Å². The van der Waals surface area contributed by atoms with Crippen LogP contribution in [-0.2, 0) is 6.42 Å². The van der Waals surface area contributed by atoms with Crippen molar-refractivity contribution in [2.24, 2.45) is 0 Å². The average Bonchev–Trinajstić information content (AvgIpc) is 1.88. The molecule has 0 fully saturated rings. The van der Waals surface area contributed by atoms with Gasteiger partial charge in [-0.1, -0.05) is 6.92 Å². The Hall–Kier alpha value is -0.850. The Morgan fingerprint density at radius 3 is 2.89 bits per heavy atom. The van der Waals surface area contributed by atoms with Gasteiger partial charge in [0.2, 0.25) is 0 Å². The minimum absolute atomic E-state index is 0.974. The molecule has 1 aromatic heterocycles. The van der Waals surface area contributed by atoms with Crippen molar-refractivity contribution in [2.45, 2.75) is 20.3 Å². The summed E-state index contributed by atoms with van der Waals surface area (Å²) in [5, 5.41) is 0. The van der Waals surface area contributed by atoms with E-state index in [1.807, 2.05) is 19.2 Å². The van der Waals surface area contributed by atoms with Crippen LogP contribution in [0.5, 0.6) is 0 Å². The maximum atomic E-state index is 4.10. The van der Waals surface area contributed by atoms with Crippen molar-refractivity contribution in [3.63, 3.8) is 0 Å². The van der Waals surface area contributed by atoms with E-state index in [1.165, 1.54) is 5.56 Å². The van der Waals surface area contributed by atoms with Crippen LogP contribution in [0.3, 0.4) is 0 Å². The molecule has 9 heavy (non-hydrogen) atoms. The Kier molecular flexibility index (Phi) is 1.83. The van der Waals surface area contributed by atoms with Crippen LogP contribution in [0.25, 0.3) is 0 Å². The molecule has 1 aromatic rings. The minimum Gasteiger partial charge on any atom is -0.261 e. The van der Waals surface area contributed by atoms with Crippen LogP contribution in [0.15, 0.2) is 12.3 Å². The zero-order valence-corrected chi connectivity index (χ0v) is 5.81. The molecule has 0 aliphatic heterocycles. The first-order valence-electron chi connectivity index (χ1n) is 3.16. The van der Waals surface area contributed by atoms with Crippen LogP contribution >= 0.6 is 0 Å². The monoisotopic (exact) mass is 120 g/mol. The van der Waals surface area contributed by atoms with Crippen molar-refractivity contribution in [1.82, 2.24) is 4.98 Å². The first-order valence-corrected chi connectivity index (χ1v) is 3.16. The molecule has 0 aromatic carbocycles. The van der Waals surface area contributed by atoms with E-state index < -0.39 is 0 Å². The Balaban J connectivity index is 2.94. The predicted molar refractivity (Wildman–Crippen MR) is 37.2 cm³/mol. The van der Waals surface area contributed by atoms with E-state index in [0.29, 0.717) is 0 Å². The van der Waals surface area contributed by atoms with Crippen molar-refractivity contribution in [2.75, 3.05) is 0 Å². The van der Waals surface area contributed by atoms with Gasteiger partial charge in [0.05, 0.1) is 0 Å². The lowest BCUT2D eigenvalue weighted by molar-refractivity contribution is 1.02. The fraction of sp³-hybridized carbons (Fsp3) is 0.375. The van der Waals surface area contributed by atoms with E-state index in [0.717, 1.165) is 12.1 Å². The Morgan fingerprint density at radius 1 is 1.67 bits per heavy atom. The van der Waals surface area contributed by atoms with Gasteiger partial charge in [-0.25, -0.2) is 0 Å². The molecule has 1 radical (unpaired) electrons. The summed E-state index contributed by atoms with van der Waals surface area (Å²) in [6, 6.07) is 5.10. The van der Waals surface area contributed by atoms with Crippen molar-refractivity contribution in [3.8, 4) is 0 Å². The molecule has 0 amide bonds. The largest absolute Gasteiger partial charge is 0.261 e. The third-order valence-corrected chi connectivity index (χ3v) is 1.23. The number of aryl methyl sites for hydroxylation is 2. The highest BCUT2D eigenvalue weighted by atomic mass is 14.7. The van der Waals surface area contributed by atoms with Gasteiger partial charge in [0.15, 0.2) is 0 Å². The first-order chi connectivity index (χ1) is 4.33. The van der Waals surface area contributed by atoms with Gasteiger partial charge in [-0.2, -0.15) is 0 Å². The van der Waals surface area contributed by atoms with Crippen LogP contribution in [0.1, 0.15) is 18.2 Å². The van der Waals surface area contributed by atoms with E-state index in [2.05, 4.69) is 18.0 Å². The minimum atomic E-state index is 0.974. The summed E-state index contributed by atoms with van der Waals surface area (Å²) in [6.07, 6.45) is 2.80. The normalized spacial score (nSPS) is 9.56. The molecule has 1 nitrogen and oxygen atoms in total. The lowest BCUT2D eigenvalue weighted by Crippen LogP contribution is -1.86. The molecule has 0 atom stereocenters. The molecular formula is C8H10N. The summed E-state index contributed by atoms with van der Waals surface area (Å²) in [7, 11) is 0. The predicted octanol–water partition coefficient (Wildman–Crippen LogP) is 1.75. The molecule has 0 saturated heterocycles. The third-order valence-electron chi connectivity index (χ3n) is 1.23. The molecule has 0 aliphatic carbocycles. The smallest absolute Gasteiger partial charge is 0.0482 e. The number of pyridine rings is 1. The summed E-state index contributed by atoms with van der Waals surface area (Å²) in [6.45, 7) is 4.11. The first kappa shape index (κ1) is 6.27. The van der Waals surface area contributed by atoms with Gasteiger partial charge in [-0.15, -0.1) is 0 Å². The van der Waals surface area contributed by atoms with Crippen molar-refractivity contribution < 1.29 is 0 Å². The second-order valence-corrected chi connectivity index (χ2v) is 2.05. The number of aromatic nitrogens is 1. The van der Waals surface area contributed by atoms with Gasteiger partial charge in [-0.3, -0.25) is 4.98 Å². The lowest BCUT2D eigenvalue weighted by atomic mass is 10.2. The quantitative estimate of drug-likeness (QED) is 0.550. The summed E-state index contributed by atoms with van der Waals surface area (Å²) in [4.78, 5) is 4.10. The van der Waals surface area contributed by atoms with Gasteiger partial charge in [-0.05, 0) is 25.0 Å². The molecule has 0 unspecified atom stereocenters. The van der Waals surface area contributed by atoms with Crippen molar-refractivity contribution in [3.05, 3.63) is 29.6 Å². The molecule has 1 heterocycles. The molecule has 1 heteroatoms. The van der Waals surface area contributed by atoms with Crippen LogP contribution in [0, 0.1) is 13.0 Å². The molecule has 0 saturated carbocycles. The van der Waals surface area contributed by atoms with E-state index in [9.17, 15) is 0 Å². The number of hydrogen-bond acceptors (Lipinski definition) is 1. The molecule has 1 rings (SSSR count). The lowest BCUT2D eigenvalue weighted by Gasteiger charge is -1.93. The summed E-state index contributed by atoms with van der Waals surface area (Å²) in [5.74, 6) is 0. The van der Waals surface area contributed by atoms with Gasteiger partial charge in [0.25, 0.3) is 0 Å². The molecule has 47 valence electrons. The van der Waals surface area contributed by atoms with Crippen molar-refractivity contribution in [1.29, 1.82) is 0 Å². The fourth-order valence-corrected chi connectivity index (χ4v) is 0.720. The van der Waals surface area contributed by atoms with Gasteiger partial charge in [0.1, 0.15) is 0 Å². The summed E-state index contributed by atoms with van der Waals surface area (Å²) < 4.78 is 0. The van der Waals surface area contributed by atoms with E-state index in [-0.39, 0.29) is 0 Å². The highest BCUT2D eigenvalue weighted by molar-refractivity contribution is 5.11. The molecule has 0 spiro atoms. The highest BCUT2D eigenvalue weighted by Gasteiger charge is 1.88. The zero-order valence-electron chi connectivity index (χ0n) is 5.81. The fourth-order valence-electron chi connectivity index (χ4n) is 0.720. The zero-order chi connectivity index (χ0) is 6.69. The van der Waals surface area contributed by atoms with Crippen LogP contribution in [0.4, 0.5) is 0 Å². The van der Waals surface area contributed by atoms with E-state index >= 15 is 0 Å². The Morgan fingerprint density at radius 2 is 2.44 bits per heavy atom. The number of nitrogens with zero attached hydrogens (tertiary/aromatic N) is 1. The maximum absolute atomic E-state index is 4.10. The van der Waals surface area contributed by atoms with Crippen molar-refractivity contribution >= 4 is 0 Å². The van der Waals surface area contributed by atoms with E-state index in [1.54, 1.807) is 0 Å². The SMILES string of the molecule is CCc1[c]c(C)ccn1. The topological polar surface area (TPSA) is 12.9 Å². The summed E-state index contributed by atoms with van der Waals surface area (Å²) in [5.41, 5.74) is 2.22. The standard InChI is InChI=1S/C8H10N/c1-3-8-6-7(2)4-5-9-8/h4-5H,3H2,1-2H3. The number of rotatable bonds is 1. The second kappa shape index (κ2) is 2.62. The van der Waals surface area contributed by atoms with Gasteiger partial charge >= 0.3 is 0 Å².